The van der Waals surface area contributed by atoms with Crippen LogP contribution in [0.15, 0.2) is 78.4 Å². The molecule has 0 amide bonds. The summed E-state index contributed by atoms with van der Waals surface area (Å²) < 4.78 is 2.51. The topological polar surface area (TPSA) is 25.8 Å². The summed E-state index contributed by atoms with van der Waals surface area (Å²) in [4.78, 5) is 10.6. The summed E-state index contributed by atoms with van der Waals surface area (Å²) in [6, 6.07) is 22.0. The Labute approximate surface area is 195 Å². The second-order valence-corrected chi connectivity index (χ2v) is 11.2. The first-order chi connectivity index (χ1) is 15.5. The minimum Gasteiger partial charge on any atom is -0.256 e. The Bertz CT molecular complexity index is 1620. The quantitative estimate of drug-likeness (QED) is 0.264. The third-order valence-electron chi connectivity index (χ3n) is 6.00. The third-order valence-corrected chi connectivity index (χ3v) is 8.07. The van der Waals surface area contributed by atoms with E-state index in [0.717, 1.165) is 11.2 Å². The smallest absolute Gasteiger partial charge is 0.0816 e. The minimum absolute atomic E-state index is 0.0468. The van der Waals surface area contributed by atoms with Crippen molar-refractivity contribution in [2.75, 3.05) is 0 Å². The van der Waals surface area contributed by atoms with Crippen molar-refractivity contribution in [2.45, 2.75) is 26.2 Å². The molecular formula is C28H22N2S2. The molecule has 0 unspecified atom stereocenters. The standard InChI is InChI=1S/C28H22N2S2/c1-28(2,3)22-15-18(14-17-6-4-5-7-19(17)22)26-21-16-25(32-24(21)9-12-30-26)20-8-11-29-23-10-13-31-27(20)23/h4-16H,1-3H3. The van der Waals surface area contributed by atoms with Crippen molar-refractivity contribution >= 4 is 53.7 Å². The van der Waals surface area contributed by atoms with Gasteiger partial charge < -0.3 is 0 Å². The van der Waals surface area contributed by atoms with Gasteiger partial charge in [-0.15, -0.1) is 22.7 Å². The van der Waals surface area contributed by atoms with Gasteiger partial charge >= 0.3 is 0 Å². The third kappa shape index (κ3) is 3.14. The molecule has 0 spiro atoms. The lowest BCUT2D eigenvalue weighted by Gasteiger charge is -2.22. The molecule has 2 aromatic carbocycles. The SMILES string of the molecule is CC(C)(C)c1cc(-c2nccc3sc(-c4ccnc5ccsc45)cc23)cc2ccccc12. The van der Waals surface area contributed by atoms with Crippen LogP contribution in [0.5, 0.6) is 0 Å². The summed E-state index contributed by atoms with van der Waals surface area (Å²) >= 11 is 3.58. The highest BCUT2D eigenvalue weighted by molar-refractivity contribution is 7.23. The molecular weight excluding hydrogens is 428 g/mol. The van der Waals surface area contributed by atoms with Crippen molar-refractivity contribution in [1.82, 2.24) is 9.97 Å². The monoisotopic (exact) mass is 450 g/mol. The number of hydrogen-bond acceptors (Lipinski definition) is 4. The summed E-state index contributed by atoms with van der Waals surface area (Å²) in [6.45, 7) is 6.85. The Morgan fingerprint density at radius 1 is 0.812 bits per heavy atom. The first-order valence-electron chi connectivity index (χ1n) is 10.7. The number of benzene rings is 2. The van der Waals surface area contributed by atoms with Gasteiger partial charge in [0.15, 0.2) is 0 Å². The molecule has 0 saturated heterocycles. The van der Waals surface area contributed by atoms with Gasteiger partial charge in [-0.05, 0) is 63.5 Å². The van der Waals surface area contributed by atoms with Crippen LogP contribution in [-0.2, 0) is 5.41 Å². The number of aromatic nitrogens is 2. The maximum atomic E-state index is 4.86. The van der Waals surface area contributed by atoms with E-state index in [2.05, 4.69) is 91.8 Å². The lowest BCUT2D eigenvalue weighted by atomic mass is 9.82. The van der Waals surface area contributed by atoms with Crippen molar-refractivity contribution in [3.05, 3.63) is 84.0 Å². The van der Waals surface area contributed by atoms with E-state index in [0.29, 0.717) is 0 Å². The van der Waals surface area contributed by atoms with Gasteiger partial charge in [0.2, 0.25) is 0 Å². The molecule has 0 radical (unpaired) electrons. The number of nitrogens with zero attached hydrogens (tertiary/aromatic N) is 2. The number of hydrogen-bond donors (Lipinski definition) is 0. The first-order valence-corrected chi connectivity index (χ1v) is 12.4. The van der Waals surface area contributed by atoms with Crippen molar-refractivity contribution in [2.24, 2.45) is 0 Å². The maximum absolute atomic E-state index is 4.86. The van der Waals surface area contributed by atoms with Crippen LogP contribution >= 0.6 is 22.7 Å². The van der Waals surface area contributed by atoms with Crippen LogP contribution in [0.25, 0.3) is 52.8 Å². The second kappa shape index (κ2) is 7.22. The van der Waals surface area contributed by atoms with E-state index in [-0.39, 0.29) is 5.41 Å². The summed E-state index contributed by atoms with van der Waals surface area (Å²) in [5.74, 6) is 0. The largest absolute Gasteiger partial charge is 0.256 e. The molecule has 0 aliphatic rings. The molecule has 6 aromatic rings. The normalized spacial score (nSPS) is 12.2. The molecule has 0 aliphatic heterocycles. The number of fused-ring (bicyclic) bond motifs is 3. The van der Waals surface area contributed by atoms with E-state index in [1.807, 2.05) is 23.7 Å². The Hall–Kier alpha value is -3.08. The van der Waals surface area contributed by atoms with E-state index in [9.17, 15) is 0 Å². The van der Waals surface area contributed by atoms with Crippen molar-refractivity contribution < 1.29 is 0 Å². The van der Waals surface area contributed by atoms with Crippen molar-refractivity contribution in [1.29, 1.82) is 0 Å². The van der Waals surface area contributed by atoms with Gasteiger partial charge in [0.1, 0.15) is 0 Å². The maximum Gasteiger partial charge on any atom is 0.0816 e. The van der Waals surface area contributed by atoms with E-state index >= 15 is 0 Å². The molecule has 0 fully saturated rings. The highest BCUT2D eigenvalue weighted by atomic mass is 32.1. The molecule has 4 heteroatoms. The van der Waals surface area contributed by atoms with Crippen LogP contribution in [0.2, 0.25) is 0 Å². The van der Waals surface area contributed by atoms with Crippen LogP contribution < -0.4 is 0 Å². The van der Waals surface area contributed by atoms with Crippen LogP contribution in [0.4, 0.5) is 0 Å². The number of thiophene rings is 2. The van der Waals surface area contributed by atoms with Crippen LogP contribution in [0.3, 0.4) is 0 Å². The van der Waals surface area contributed by atoms with Gasteiger partial charge in [0.25, 0.3) is 0 Å². The van der Waals surface area contributed by atoms with E-state index in [1.54, 1.807) is 11.3 Å². The van der Waals surface area contributed by atoms with Crippen molar-refractivity contribution in [3.8, 4) is 21.7 Å². The minimum atomic E-state index is 0.0468. The summed E-state index contributed by atoms with van der Waals surface area (Å²) in [6.07, 6.45) is 3.85. The highest BCUT2D eigenvalue weighted by Gasteiger charge is 2.20. The molecule has 6 rings (SSSR count). The average Bonchev–Trinajstić information content (AvgIpc) is 3.44. The van der Waals surface area contributed by atoms with Crippen LogP contribution in [0.1, 0.15) is 26.3 Å². The second-order valence-electron chi connectivity index (χ2n) is 9.17. The molecule has 0 aliphatic carbocycles. The molecule has 0 saturated carbocycles. The summed E-state index contributed by atoms with van der Waals surface area (Å²) in [7, 11) is 0. The van der Waals surface area contributed by atoms with Gasteiger partial charge in [-0.1, -0.05) is 45.0 Å². The Morgan fingerprint density at radius 3 is 2.53 bits per heavy atom. The van der Waals surface area contributed by atoms with Gasteiger partial charge in [0.05, 0.1) is 15.9 Å². The Balaban J connectivity index is 1.60. The van der Waals surface area contributed by atoms with Gasteiger partial charge in [0, 0.05) is 38.5 Å². The highest BCUT2D eigenvalue weighted by Crippen LogP contribution is 2.42. The zero-order chi connectivity index (χ0) is 21.9. The number of pyridine rings is 2. The van der Waals surface area contributed by atoms with Gasteiger partial charge in [-0.2, -0.15) is 0 Å². The number of rotatable bonds is 2. The molecule has 0 N–H and O–H groups in total. The molecule has 0 atom stereocenters. The van der Waals surface area contributed by atoms with Gasteiger partial charge in [-0.25, -0.2) is 0 Å². The van der Waals surface area contributed by atoms with E-state index in [4.69, 9.17) is 4.98 Å². The van der Waals surface area contributed by atoms with E-state index < -0.39 is 0 Å². The first kappa shape index (κ1) is 19.6. The fourth-order valence-corrected chi connectivity index (χ4v) is 6.49. The molecule has 156 valence electrons. The zero-order valence-electron chi connectivity index (χ0n) is 18.2. The molecule has 4 aromatic heterocycles. The molecule has 2 nitrogen and oxygen atoms in total. The fraction of sp³-hybridized carbons (Fsp3) is 0.143. The summed E-state index contributed by atoms with van der Waals surface area (Å²) in [5.41, 5.74) is 5.95. The Morgan fingerprint density at radius 2 is 1.66 bits per heavy atom. The molecule has 0 bridgehead atoms. The predicted molar refractivity (Wildman–Crippen MR) is 140 cm³/mol. The van der Waals surface area contributed by atoms with Crippen molar-refractivity contribution in [3.63, 3.8) is 0 Å². The lowest BCUT2D eigenvalue weighted by Crippen LogP contribution is -2.12. The Kier molecular flexibility index (Phi) is 4.42. The van der Waals surface area contributed by atoms with Gasteiger partial charge in [-0.3, -0.25) is 9.97 Å². The zero-order valence-corrected chi connectivity index (χ0v) is 19.8. The van der Waals surface area contributed by atoms with E-state index in [1.165, 1.54) is 47.1 Å². The summed E-state index contributed by atoms with van der Waals surface area (Å²) in [5, 5.41) is 5.91. The molecule has 32 heavy (non-hydrogen) atoms. The van der Waals surface area contributed by atoms with Crippen LogP contribution in [-0.4, -0.2) is 9.97 Å². The average molecular weight is 451 g/mol. The molecule has 4 heterocycles. The fourth-order valence-electron chi connectivity index (χ4n) is 4.46. The van der Waals surface area contributed by atoms with Crippen LogP contribution in [0, 0.1) is 0 Å². The lowest BCUT2D eigenvalue weighted by molar-refractivity contribution is 0.596. The predicted octanol–water partition coefficient (Wildman–Crippen LogP) is 8.69.